The number of Topliss-reactive ketones (excluding diaryl/α,β-unsaturated/α-hetero) is 1. The van der Waals surface area contributed by atoms with Crippen molar-refractivity contribution in [1.82, 2.24) is 0 Å². The molecule has 0 atom stereocenters. The van der Waals surface area contributed by atoms with Crippen LogP contribution in [0.4, 0.5) is 0 Å². The van der Waals surface area contributed by atoms with Crippen molar-refractivity contribution in [3.8, 4) is 0 Å². The third-order valence-electron chi connectivity index (χ3n) is 5.33. The second kappa shape index (κ2) is 12.4. The third kappa shape index (κ3) is 10.3. The standard InChI is InChI=1S/C26H38O3/c1-20(15-16-24-22(3)12-9-18-26(24,5)6)10-7-11-21(2)17-19-29-25(28)14-8-13-23(4)27/h7,10-11,15-17H,8-9,12-14,18-19H2,1-6H3/b11-7+,16-15+,20-10+,21-17+. The number of hydrogen-bond acceptors (Lipinski definition) is 3. The van der Waals surface area contributed by atoms with Crippen LogP contribution in [0.5, 0.6) is 0 Å². The van der Waals surface area contributed by atoms with Crippen LogP contribution in [0.15, 0.2) is 58.7 Å². The molecule has 0 aromatic carbocycles. The van der Waals surface area contributed by atoms with Crippen LogP contribution < -0.4 is 0 Å². The average molecular weight is 399 g/mol. The molecule has 0 aliphatic heterocycles. The molecule has 0 fully saturated rings. The van der Waals surface area contributed by atoms with Crippen LogP contribution in [-0.4, -0.2) is 18.4 Å². The van der Waals surface area contributed by atoms with Gasteiger partial charge in [0.1, 0.15) is 12.4 Å². The molecule has 0 radical (unpaired) electrons. The van der Waals surface area contributed by atoms with Crippen molar-refractivity contribution in [3.63, 3.8) is 0 Å². The molecule has 0 saturated carbocycles. The molecule has 0 bridgehead atoms. The molecule has 0 spiro atoms. The predicted molar refractivity (Wildman–Crippen MR) is 122 cm³/mol. The lowest BCUT2D eigenvalue weighted by molar-refractivity contribution is -0.142. The highest BCUT2D eigenvalue weighted by atomic mass is 16.5. The van der Waals surface area contributed by atoms with Crippen LogP contribution in [0.1, 0.15) is 80.1 Å². The van der Waals surface area contributed by atoms with Gasteiger partial charge < -0.3 is 9.53 Å². The van der Waals surface area contributed by atoms with Gasteiger partial charge in [0.2, 0.25) is 0 Å². The zero-order valence-electron chi connectivity index (χ0n) is 19.1. The summed E-state index contributed by atoms with van der Waals surface area (Å²) in [5.41, 5.74) is 5.49. The van der Waals surface area contributed by atoms with Gasteiger partial charge in [-0.15, -0.1) is 0 Å². The Bertz CT molecular complexity index is 727. The van der Waals surface area contributed by atoms with E-state index < -0.39 is 0 Å². The summed E-state index contributed by atoms with van der Waals surface area (Å²) < 4.78 is 5.16. The van der Waals surface area contributed by atoms with Crippen molar-refractivity contribution in [3.05, 3.63) is 58.7 Å². The van der Waals surface area contributed by atoms with E-state index in [0.717, 1.165) is 5.57 Å². The van der Waals surface area contributed by atoms with Gasteiger partial charge in [-0.1, -0.05) is 60.9 Å². The molecule has 0 aromatic heterocycles. The van der Waals surface area contributed by atoms with E-state index in [1.54, 1.807) is 0 Å². The number of esters is 1. The molecule has 3 heteroatoms. The maximum atomic E-state index is 11.6. The normalized spacial score (nSPS) is 18.0. The fraction of sp³-hybridized carbons (Fsp3) is 0.538. The minimum Gasteiger partial charge on any atom is -0.461 e. The van der Waals surface area contributed by atoms with Crippen molar-refractivity contribution in [2.75, 3.05) is 6.61 Å². The first-order valence-electron chi connectivity index (χ1n) is 10.7. The Balaban J connectivity index is 2.49. The smallest absolute Gasteiger partial charge is 0.306 e. The van der Waals surface area contributed by atoms with Gasteiger partial charge in [0, 0.05) is 12.8 Å². The number of rotatable bonds is 10. The van der Waals surface area contributed by atoms with E-state index in [1.165, 1.54) is 42.9 Å². The average Bonchev–Trinajstić information content (AvgIpc) is 2.60. The van der Waals surface area contributed by atoms with Gasteiger partial charge in [-0.25, -0.2) is 0 Å². The van der Waals surface area contributed by atoms with Gasteiger partial charge >= 0.3 is 5.97 Å². The number of allylic oxidation sites excluding steroid dienone is 9. The lowest BCUT2D eigenvalue weighted by Crippen LogP contribution is -2.19. The largest absolute Gasteiger partial charge is 0.461 e. The fourth-order valence-corrected chi connectivity index (χ4v) is 3.52. The van der Waals surface area contributed by atoms with E-state index in [4.69, 9.17) is 4.74 Å². The minimum absolute atomic E-state index is 0.103. The Morgan fingerprint density at radius 1 is 1.07 bits per heavy atom. The van der Waals surface area contributed by atoms with Gasteiger partial charge in [-0.3, -0.25) is 4.79 Å². The molecule has 0 unspecified atom stereocenters. The molecule has 1 aliphatic rings. The molecule has 29 heavy (non-hydrogen) atoms. The monoisotopic (exact) mass is 398 g/mol. The molecular formula is C26H38O3. The van der Waals surface area contributed by atoms with E-state index >= 15 is 0 Å². The maximum Gasteiger partial charge on any atom is 0.306 e. The van der Waals surface area contributed by atoms with Crippen LogP contribution in [0.25, 0.3) is 0 Å². The first-order valence-corrected chi connectivity index (χ1v) is 10.7. The van der Waals surface area contributed by atoms with Gasteiger partial charge in [0.05, 0.1) is 0 Å². The zero-order valence-corrected chi connectivity index (χ0v) is 19.1. The second-order valence-electron chi connectivity index (χ2n) is 8.72. The summed E-state index contributed by atoms with van der Waals surface area (Å²) in [6, 6.07) is 0. The molecule has 0 saturated heterocycles. The summed E-state index contributed by atoms with van der Waals surface area (Å²) in [6.45, 7) is 12.8. The summed E-state index contributed by atoms with van der Waals surface area (Å²) in [4.78, 5) is 22.4. The van der Waals surface area contributed by atoms with Crippen molar-refractivity contribution < 1.29 is 14.3 Å². The van der Waals surface area contributed by atoms with Crippen molar-refractivity contribution in [2.45, 2.75) is 80.1 Å². The molecule has 0 N–H and O–H groups in total. The Labute approximate surface area is 177 Å². The Kier molecular flexibility index (Phi) is 10.6. The van der Waals surface area contributed by atoms with Crippen LogP contribution in [0, 0.1) is 5.41 Å². The van der Waals surface area contributed by atoms with E-state index in [0.29, 0.717) is 19.3 Å². The first-order chi connectivity index (χ1) is 13.6. The molecule has 1 rings (SSSR count). The van der Waals surface area contributed by atoms with Crippen LogP contribution in [-0.2, 0) is 14.3 Å². The Morgan fingerprint density at radius 2 is 1.79 bits per heavy atom. The molecule has 0 heterocycles. The van der Waals surface area contributed by atoms with Gasteiger partial charge in [-0.2, -0.15) is 0 Å². The molecule has 1 aliphatic carbocycles. The topological polar surface area (TPSA) is 43.4 Å². The lowest BCUT2D eigenvalue weighted by atomic mass is 9.72. The SMILES string of the molecule is CC(=O)CCCC(=O)OC/C=C(C)/C=C/C=C(C)/C=C/C1=C(C)CCCC1(C)C. The second-order valence-corrected chi connectivity index (χ2v) is 8.72. The number of carbonyl (C=O) groups excluding carboxylic acids is 2. The Hall–Kier alpha value is -2.16. The summed E-state index contributed by atoms with van der Waals surface area (Å²) >= 11 is 0. The molecule has 0 aromatic rings. The van der Waals surface area contributed by atoms with E-state index in [9.17, 15) is 9.59 Å². The lowest BCUT2D eigenvalue weighted by Gasteiger charge is -2.32. The van der Waals surface area contributed by atoms with Gasteiger partial charge in [-0.05, 0) is 70.4 Å². The van der Waals surface area contributed by atoms with Crippen molar-refractivity contribution in [2.24, 2.45) is 5.41 Å². The molecule has 3 nitrogen and oxygen atoms in total. The quantitative estimate of drug-likeness (QED) is 0.299. The van der Waals surface area contributed by atoms with Crippen molar-refractivity contribution >= 4 is 11.8 Å². The van der Waals surface area contributed by atoms with Crippen LogP contribution in [0.2, 0.25) is 0 Å². The summed E-state index contributed by atoms with van der Waals surface area (Å²) in [5.74, 6) is -0.151. The van der Waals surface area contributed by atoms with Gasteiger partial charge in [0.25, 0.3) is 0 Å². The van der Waals surface area contributed by atoms with Crippen LogP contribution >= 0.6 is 0 Å². The van der Waals surface area contributed by atoms with Crippen LogP contribution in [0.3, 0.4) is 0 Å². The summed E-state index contributed by atoms with van der Waals surface area (Å²) in [7, 11) is 0. The Morgan fingerprint density at radius 3 is 2.45 bits per heavy atom. The molecule has 0 amide bonds. The number of hydrogen-bond donors (Lipinski definition) is 0. The number of carbonyl (C=O) groups is 2. The first kappa shape index (κ1) is 24.9. The van der Waals surface area contributed by atoms with E-state index in [2.05, 4.69) is 45.9 Å². The zero-order chi connectivity index (χ0) is 21.9. The van der Waals surface area contributed by atoms with E-state index in [-0.39, 0.29) is 23.8 Å². The maximum absolute atomic E-state index is 11.6. The highest BCUT2D eigenvalue weighted by Gasteiger charge is 2.26. The molecule has 160 valence electrons. The minimum atomic E-state index is -0.254. The van der Waals surface area contributed by atoms with Crippen molar-refractivity contribution in [1.29, 1.82) is 0 Å². The fourth-order valence-electron chi connectivity index (χ4n) is 3.52. The third-order valence-corrected chi connectivity index (χ3v) is 5.33. The molecular weight excluding hydrogens is 360 g/mol. The van der Waals surface area contributed by atoms with Gasteiger partial charge in [0.15, 0.2) is 0 Å². The predicted octanol–water partition coefficient (Wildman–Crippen LogP) is 6.82. The summed E-state index contributed by atoms with van der Waals surface area (Å²) in [5, 5.41) is 0. The highest BCUT2D eigenvalue weighted by molar-refractivity contribution is 5.76. The summed E-state index contributed by atoms with van der Waals surface area (Å²) in [6.07, 6.45) is 17.5. The highest BCUT2D eigenvalue weighted by Crippen LogP contribution is 2.40. The number of ether oxygens (including phenoxy) is 1. The number of ketones is 1. The van der Waals surface area contributed by atoms with E-state index in [1.807, 2.05) is 25.2 Å².